The van der Waals surface area contributed by atoms with Gasteiger partial charge in [-0.25, -0.2) is 0 Å². The number of hydrogen-bond acceptors (Lipinski definition) is 3. The summed E-state index contributed by atoms with van der Waals surface area (Å²) in [7, 11) is 0. The number of benzene rings is 1. The molecule has 0 unspecified atom stereocenters. The number of aryl methyl sites for hydroxylation is 2. The lowest BCUT2D eigenvalue weighted by molar-refractivity contribution is 0.0917. The Bertz CT molecular complexity index is 563. The van der Waals surface area contributed by atoms with Crippen LogP contribution in [-0.4, -0.2) is 22.5 Å². The zero-order valence-corrected chi connectivity index (χ0v) is 12.6. The highest BCUT2D eigenvalue weighted by Gasteiger charge is 2.33. The minimum atomic E-state index is -0.801. The van der Waals surface area contributed by atoms with Gasteiger partial charge in [0, 0.05) is 5.56 Å². The zero-order chi connectivity index (χ0) is 15.5. The summed E-state index contributed by atoms with van der Waals surface area (Å²) in [6.45, 7) is 3.81. The molecular weight excluding hydrogens is 266 g/mol. The van der Waals surface area contributed by atoms with Crippen molar-refractivity contribution in [2.24, 2.45) is 10.9 Å². The summed E-state index contributed by atoms with van der Waals surface area (Å²) in [5, 5.41) is 15.0. The predicted molar refractivity (Wildman–Crippen MR) is 82.7 cm³/mol. The number of carbonyl (C=O) groups is 1. The van der Waals surface area contributed by atoms with Crippen molar-refractivity contribution in [2.75, 3.05) is 0 Å². The van der Waals surface area contributed by atoms with Gasteiger partial charge in [-0.2, -0.15) is 0 Å². The lowest BCUT2D eigenvalue weighted by Gasteiger charge is -2.31. The number of fused-ring (bicyclic) bond motifs is 1. The lowest BCUT2D eigenvalue weighted by atomic mass is 9.90. The van der Waals surface area contributed by atoms with E-state index in [0.29, 0.717) is 18.4 Å². The maximum absolute atomic E-state index is 12.5. The summed E-state index contributed by atoms with van der Waals surface area (Å²) >= 11 is 0. The molecule has 0 aromatic heterocycles. The van der Waals surface area contributed by atoms with Crippen LogP contribution in [0.2, 0.25) is 0 Å². The van der Waals surface area contributed by atoms with E-state index in [-0.39, 0.29) is 11.7 Å². The molecule has 0 spiro atoms. The van der Waals surface area contributed by atoms with Crippen LogP contribution in [0.3, 0.4) is 0 Å². The second-order valence-electron chi connectivity index (χ2n) is 5.57. The van der Waals surface area contributed by atoms with Crippen molar-refractivity contribution in [1.82, 2.24) is 5.32 Å². The van der Waals surface area contributed by atoms with Crippen molar-refractivity contribution in [1.29, 1.82) is 0 Å². The summed E-state index contributed by atoms with van der Waals surface area (Å²) in [6, 6.07) is 5.84. The van der Waals surface area contributed by atoms with E-state index < -0.39 is 5.54 Å². The summed E-state index contributed by atoms with van der Waals surface area (Å²) in [5.74, 6) is -0.137. The summed E-state index contributed by atoms with van der Waals surface area (Å²) < 4.78 is 0. The molecule has 0 atom stereocenters. The number of carbonyl (C=O) groups excluding carboxylic acids is 1. The standard InChI is InChI=1S/C16H23N3O2/c1-3-16(4-2,15(17)19-21)18-14(20)13-9-8-11-6-5-7-12(11)10-13/h8-10,21H,3-7H2,1-2H3,(H2,17,19)(H,18,20). The molecule has 4 N–H and O–H groups in total. The molecule has 0 saturated heterocycles. The number of nitrogens with zero attached hydrogens (tertiary/aromatic N) is 1. The van der Waals surface area contributed by atoms with Crippen LogP contribution in [-0.2, 0) is 12.8 Å². The van der Waals surface area contributed by atoms with Gasteiger partial charge in [0.25, 0.3) is 5.91 Å². The lowest BCUT2D eigenvalue weighted by Crippen LogP contribution is -2.56. The molecule has 1 amide bonds. The van der Waals surface area contributed by atoms with Gasteiger partial charge >= 0.3 is 0 Å². The predicted octanol–water partition coefficient (Wildman–Crippen LogP) is 2.21. The summed E-state index contributed by atoms with van der Waals surface area (Å²) in [5.41, 5.74) is 8.19. The third-order valence-corrected chi connectivity index (χ3v) is 4.52. The largest absolute Gasteiger partial charge is 0.409 e. The fourth-order valence-electron chi connectivity index (χ4n) is 2.95. The Morgan fingerprint density at radius 1 is 1.33 bits per heavy atom. The summed E-state index contributed by atoms with van der Waals surface area (Å²) in [6.07, 6.45) is 4.41. The molecule has 0 heterocycles. The number of amidine groups is 1. The van der Waals surface area contributed by atoms with E-state index in [9.17, 15) is 4.79 Å². The van der Waals surface area contributed by atoms with E-state index in [2.05, 4.69) is 10.5 Å². The molecule has 1 aromatic rings. The van der Waals surface area contributed by atoms with Crippen LogP contribution in [0.15, 0.2) is 23.4 Å². The number of hydrogen-bond donors (Lipinski definition) is 3. The fourth-order valence-corrected chi connectivity index (χ4v) is 2.95. The Morgan fingerprint density at radius 3 is 2.62 bits per heavy atom. The van der Waals surface area contributed by atoms with Crippen molar-refractivity contribution in [3.63, 3.8) is 0 Å². The number of oxime groups is 1. The van der Waals surface area contributed by atoms with Crippen molar-refractivity contribution in [3.05, 3.63) is 34.9 Å². The van der Waals surface area contributed by atoms with Gasteiger partial charge < -0.3 is 16.3 Å². The topological polar surface area (TPSA) is 87.7 Å². The fraction of sp³-hybridized carbons (Fsp3) is 0.500. The maximum Gasteiger partial charge on any atom is 0.252 e. The average molecular weight is 289 g/mol. The van der Waals surface area contributed by atoms with E-state index in [1.807, 2.05) is 32.0 Å². The van der Waals surface area contributed by atoms with Crippen LogP contribution in [0, 0.1) is 0 Å². The van der Waals surface area contributed by atoms with Crippen LogP contribution < -0.4 is 11.1 Å². The monoisotopic (exact) mass is 289 g/mol. The van der Waals surface area contributed by atoms with Crippen molar-refractivity contribution in [3.8, 4) is 0 Å². The van der Waals surface area contributed by atoms with Crippen LogP contribution >= 0.6 is 0 Å². The SMILES string of the molecule is CCC(CC)(NC(=O)c1ccc2c(c1)CCC2)/C(N)=N/O. The molecule has 0 aliphatic heterocycles. The average Bonchev–Trinajstić information content (AvgIpc) is 2.99. The van der Waals surface area contributed by atoms with Crippen molar-refractivity contribution in [2.45, 2.75) is 51.5 Å². The Kier molecular flexibility index (Phi) is 4.50. The molecule has 114 valence electrons. The molecule has 0 saturated carbocycles. The minimum Gasteiger partial charge on any atom is -0.409 e. The molecular formula is C16H23N3O2. The first-order valence-corrected chi connectivity index (χ1v) is 7.48. The molecule has 1 aromatic carbocycles. The number of rotatable bonds is 5. The van der Waals surface area contributed by atoms with E-state index in [0.717, 1.165) is 19.3 Å². The van der Waals surface area contributed by atoms with Gasteiger partial charge in [-0.15, -0.1) is 0 Å². The Labute approximate surface area is 125 Å². The molecule has 5 heteroatoms. The molecule has 2 rings (SSSR count). The van der Waals surface area contributed by atoms with Crippen molar-refractivity contribution >= 4 is 11.7 Å². The van der Waals surface area contributed by atoms with Crippen LogP contribution in [0.4, 0.5) is 0 Å². The Morgan fingerprint density at radius 2 is 2.00 bits per heavy atom. The van der Waals surface area contributed by atoms with Crippen LogP contribution in [0.5, 0.6) is 0 Å². The first-order valence-electron chi connectivity index (χ1n) is 7.48. The second-order valence-corrected chi connectivity index (χ2v) is 5.57. The second kappa shape index (κ2) is 6.16. The van der Waals surface area contributed by atoms with Crippen LogP contribution in [0.1, 0.15) is 54.6 Å². The molecule has 21 heavy (non-hydrogen) atoms. The van der Waals surface area contributed by atoms with Gasteiger partial charge in [-0.1, -0.05) is 25.1 Å². The van der Waals surface area contributed by atoms with Gasteiger partial charge in [0.15, 0.2) is 5.84 Å². The number of amides is 1. The van der Waals surface area contributed by atoms with E-state index in [1.165, 1.54) is 11.1 Å². The third kappa shape index (κ3) is 2.86. The molecule has 5 nitrogen and oxygen atoms in total. The summed E-state index contributed by atoms with van der Waals surface area (Å²) in [4.78, 5) is 12.5. The third-order valence-electron chi connectivity index (χ3n) is 4.52. The van der Waals surface area contributed by atoms with Gasteiger partial charge in [0.05, 0.1) is 0 Å². The van der Waals surface area contributed by atoms with E-state index in [4.69, 9.17) is 10.9 Å². The van der Waals surface area contributed by atoms with Crippen LogP contribution in [0.25, 0.3) is 0 Å². The highest BCUT2D eigenvalue weighted by Crippen LogP contribution is 2.23. The molecule has 0 radical (unpaired) electrons. The molecule has 1 aliphatic rings. The molecule has 1 aliphatic carbocycles. The number of nitrogens with two attached hydrogens (primary N) is 1. The van der Waals surface area contributed by atoms with Crippen molar-refractivity contribution < 1.29 is 10.0 Å². The van der Waals surface area contributed by atoms with Gasteiger partial charge in [0.1, 0.15) is 5.54 Å². The first-order chi connectivity index (χ1) is 10.1. The normalized spacial score (nSPS) is 14.9. The van der Waals surface area contributed by atoms with E-state index in [1.54, 1.807) is 0 Å². The number of nitrogens with one attached hydrogen (secondary N) is 1. The maximum atomic E-state index is 12.5. The first kappa shape index (κ1) is 15.4. The highest BCUT2D eigenvalue weighted by atomic mass is 16.4. The Hall–Kier alpha value is -2.04. The smallest absolute Gasteiger partial charge is 0.252 e. The van der Waals surface area contributed by atoms with Gasteiger partial charge in [-0.05, 0) is 55.4 Å². The molecule has 0 bridgehead atoms. The van der Waals surface area contributed by atoms with E-state index >= 15 is 0 Å². The van der Waals surface area contributed by atoms with Gasteiger partial charge in [-0.3, -0.25) is 4.79 Å². The highest BCUT2D eigenvalue weighted by molar-refractivity contribution is 6.00. The Balaban J connectivity index is 2.23. The molecule has 0 fully saturated rings. The minimum absolute atomic E-state index is 0.0435. The zero-order valence-electron chi connectivity index (χ0n) is 12.6. The quantitative estimate of drug-likeness (QED) is 0.336. The van der Waals surface area contributed by atoms with Gasteiger partial charge in [0.2, 0.25) is 0 Å².